The van der Waals surface area contributed by atoms with Gasteiger partial charge in [-0.25, -0.2) is 0 Å². The monoisotopic (exact) mass is 235 g/mol. The summed E-state index contributed by atoms with van der Waals surface area (Å²) in [6.45, 7) is 4.43. The molecule has 0 radical (unpaired) electrons. The lowest BCUT2D eigenvalue weighted by Crippen LogP contribution is -2.56. The van der Waals surface area contributed by atoms with E-state index in [1.165, 1.54) is 6.42 Å². The molecule has 1 aliphatic rings. The maximum atomic E-state index is 3.51. The summed E-state index contributed by atoms with van der Waals surface area (Å²) in [6.07, 6.45) is 1.72. The Morgan fingerprint density at radius 1 is 1.67 bits per heavy atom. The van der Waals surface area contributed by atoms with Crippen LogP contribution < -0.4 is 10.6 Å². The molecule has 0 saturated carbocycles. The van der Waals surface area contributed by atoms with Crippen molar-refractivity contribution in [1.82, 2.24) is 15.5 Å². The van der Waals surface area contributed by atoms with Crippen LogP contribution in [0.25, 0.3) is 0 Å². The van der Waals surface area contributed by atoms with Crippen LogP contribution in [0.1, 0.15) is 6.42 Å². The summed E-state index contributed by atoms with van der Waals surface area (Å²) in [4.78, 5) is 2.37. The third-order valence-corrected chi connectivity index (χ3v) is 2.76. The fourth-order valence-corrected chi connectivity index (χ4v) is 1.65. The summed E-state index contributed by atoms with van der Waals surface area (Å²) in [5, 5.41) is 7.97. The number of hydrogen-bond donors (Lipinski definition) is 2. The Hall–Kier alpha value is 0.360. The summed E-state index contributed by atoms with van der Waals surface area (Å²) in [5.74, 6) is 0. The van der Waals surface area contributed by atoms with Crippen molar-refractivity contribution in [3.05, 3.63) is 0 Å². The molecule has 0 amide bonds. The van der Waals surface area contributed by atoms with Gasteiger partial charge in [0, 0.05) is 25.0 Å². The van der Waals surface area contributed by atoms with Crippen LogP contribution in [-0.2, 0) is 0 Å². The van der Waals surface area contributed by atoms with Crippen molar-refractivity contribution in [3.8, 4) is 0 Å². The van der Waals surface area contributed by atoms with Gasteiger partial charge in [-0.15, -0.1) is 0 Å². The molecular formula is C8H18BrN3. The number of alkyl halides is 1. The minimum absolute atomic E-state index is 0.526. The zero-order valence-corrected chi connectivity index (χ0v) is 9.23. The fourth-order valence-electron chi connectivity index (χ4n) is 1.37. The Morgan fingerprint density at radius 3 is 3.17 bits per heavy atom. The molecule has 0 bridgehead atoms. The van der Waals surface area contributed by atoms with E-state index in [9.17, 15) is 0 Å². The van der Waals surface area contributed by atoms with Crippen molar-refractivity contribution in [2.75, 3.05) is 38.6 Å². The number of nitrogens with zero attached hydrogens (tertiary/aromatic N) is 1. The average Bonchev–Trinajstić information content (AvgIpc) is 2.09. The van der Waals surface area contributed by atoms with E-state index in [1.807, 2.05) is 0 Å². The van der Waals surface area contributed by atoms with E-state index in [0.717, 1.165) is 31.5 Å². The lowest BCUT2D eigenvalue weighted by atomic mass is 10.3. The number of nitrogens with one attached hydrogen (secondary N) is 2. The zero-order valence-electron chi connectivity index (χ0n) is 7.65. The lowest BCUT2D eigenvalue weighted by Gasteiger charge is -2.33. The molecule has 1 unspecified atom stereocenters. The second-order valence-corrected chi connectivity index (χ2v) is 3.99. The van der Waals surface area contributed by atoms with Crippen LogP contribution >= 0.6 is 15.9 Å². The van der Waals surface area contributed by atoms with Crippen LogP contribution in [0.3, 0.4) is 0 Å². The molecular weight excluding hydrogens is 218 g/mol. The topological polar surface area (TPSA) is 27.3 Å². The van der Waals surface area contributed by atoms with Crippen LogP contribution in [0.5, 0.6) is 0 Å². The van der Waals surface area contributed by atoms with Gasteiger partial charge in [0.2, 0.25) is 0 Å². The van der Waals surface area contributed by atoms with Crippen molar-refractivity contribution < 1.29 is 0 Å². The lowest BCUT2D eigenvalue weighted by molar-refractivity contribution is 0.168. The van der Waals surface area contributed by atoms with Crippen molar-refractivity contribution in [2.24, 2.45) is 0 Å². The van der Waals surface area contributed by atoms with Gasteiger partial charge in [-0.2, -0.15) is 0 Å². The standard InChI is InChI=1S/C8H18BrN3/c1-12-6-5-10-7-8(12)11-4-2-3-9/h8,10-11H,2-7H2,1H3. The van der Waals surface area contributed by atoms with Gasteiger partial charge in [0.15, 0.2) is 0 Å². The molecule has 72 valence electrons. The molecule has 2 N–H and O–H groups in total. The SMILES string of the molecule is CN1CCNCC1NCCCBr. The van der Waals surface area contributed by atoms with Crippen molar-refractivity contribution in [2.45, 2.75) is 12.6 Å². The Bertz CT molecular complexity index is 121. The van der Waals surface area contributed by atoms with Crippen LogP contribution in [0.4, 0.5) is 0 Å². The summed E-state index contributed by atoms with van der Waals surface area (Å²) in [5.41, 5.74) is 0. The van der Waals surface area contributed by atoms with E-state index in [2.05, 4.69) is 38.5 Å². The van der Waals surface area contributed by atoms with E-state index in [4.69, 9.17) is 0 Å². The maximum Gasteiger partial charge on any atom is 0.0723 e. The molecule has 0 aromatic carbocycles. The Morgan fingerprint density at radius 2 is 2.50 bits per heavy atom. The van der Waals surface area contributed by atoms with E-state index in [0.29, 0.717) is 6.17 Å². The van der Waals surface area contributed by atoms with E-state index in [1.54, 1.807) is 0 Å². The largest absolute Gasteiger partial charge is 0.313 e. The normalized spacial score (nSPS) is 26.0. The first kappa shape index (κ1) is 10.4. The molecule has 1 atom stereocenters. The van der Waals surface area contributed by atoms with Gasteiger partial charge < -0.3 is 10.6 Å². The van der Waals surface area contributed by atoms with Crippen molar-refractivity contribution in [1.29, 1.82) is 0 Å². The third kappa shape index (κ3) is 3.39. The molecule has 4 heteroatoms. The number of hydrogen-bond acceptors (Lipinski definition) is 3. The Kier molecular flexibility index (Phi) is 5.14. The molecule has 0 aromatic heterocycles. The second kappa shape index (κ2) is 5.91. The molecule has 1 rings (SSSR count). The number of halogens is 1. The number of rotatable bonds is 4. The van der Waals surface area contributed by atoms with Crippen molar-refractivity contribution >= 4 is 15.9 Å². The first-order valence-corrected chi connectivity index (χ1v) is 5.67. The molecule has 12 heavy (non-hydrogen) atoms. The minimum Gasteiger partial charge on any atom is -0.313 e. The van der Waals surface area contributed by atoms with E-state index < -0.39 is 0 Å². The molecule has 1 saturated heterocycles. The maximum absolute atomic E-state index is 3.51. The number of likely N-dealkylation sites (N-methyl/N-ethyl adjacent to an activating group) is 1. The minimum atomic E-state index is 0.526. The van der Waals surface area contributed by atoms with E-state index in [-0.39, 0.29) is 0 Å². The smallest absolute Gasteiger partial charge is 0.0723 e. The molecule has 0 spiro atoms. The Labute approximate surface area is 83.0 Å². The van der Waals surface area contributed by atoms with Gasteiger partial charge in [-0.3, -0.25) is 4.90 Å². The van der Waals surface area contributed by atoms with E-state index >= 15 is 0 Å². The highest BCUT2D eigenvalue weighted by Gasteiger charge is 2.16. The highest BCUT2D eigenvalue weighted by atomic mass is 79.9. The molecule has 1 fully saturated rings. The van der Waals surface area contributed by atoms with Crippen LogP contribution in [0, 0.1) is 0 Å². The second-order valence-electron chi connectivity index (χ2n) is 3.20. The first-order valence-electron chi connectivity index (χ1n) is 4.55. The third-order valence-electron chi connectivity index (χ3n) is 2.20. The summed E-state index contributed by atoms with van der Waals surface area (Å²) in [7, 11) is 2.17. The van der Waals surface area contributed by atoms with Crippen LogP contribution in [0.2, 0.25) is 0 Å². The highest BCUT2D eigenvalue weighted by molar-refractivity contribution is 9.09. The number of piperazine rings is 1. The van der Waals surface area contributed by atoms with Gasteiger partial charge in [0.25, 0.3) is 0 Å². The molecule has 3 nitrogen and oxygen atoms in total. The predicted octanol–water partition coefficient (Wildman–Crippen LogP) is 0.222. The Balaban J connectivity index is 2.11. The fraction of sp³-hybridized carbons (Fsp3) is 1.00. The quantitative estimate of drug-likeness (QED) is 0.540. The average molecular weight is 236 g/mol. The van der Waals surface area contributed by atoms with Gasteiger partial charge in [-0.05, 0) is 20.0 Å². The van der Waals surface area contributed by atoms with Gasteiger partial charge in [0.05, 0.1) is 6.17 Å². The predicted molar refractivity (Wildman–Crippen MR) is 55.7 cm³/mol. The summed E-state index contributed by atoms with van der Waals surface area (Å²) >= 11 is 3.42. The van der Waals surface area contributed by atoms with Gasteiger partial charge in [-0.1, -0.05) is 15.9 Å². The molecule has 0 aliphatic carbocycles. The van der Waals surface area contributed by atoms with Crippen LogP contribution in [0.15, 0.2) is 0 Å². The summed E-state index contributed by atoms with van der Waals surface area (Å²) < 4.78 is 0. The molecule has 0 aromatic rings. The van der Waals surface area contributed by atoms with Crippen LogP contribution in [-0.4, -0.2) is 49.6 Å². The zero-order chi connectivity index (χ0) is 8.81. The summed E-state index contributed by atoms with van der Waals surface area (Å²) in [6, 6.07) is 0. The highest BCUT2D eigenvalue weighted by Crippen LogP contribution is 1.96. The van der Waals surface area contributed by atoms with Gasteiger partial charge >= 0.3 is 0 Å². The first-order chi connectivity index (χ1) is 5.84. The van der Waals surface area contributed by atoms with Crippen molar-refractivity contribution in [3.63, 3.8) is 0 Å². The molecule has 1 aliphatic heterocycles. The molecule has 1 heterocycles. The van der Waals surface area contributed by atoms with Gasteiger partial charge in [0.1, 0.15) is 0 Å².